The van der Waals surface area contributed by atoms with Gasteiger partial charge in [-0.1, -0.05) is 79.9 Å². The molecule has 1 N–H and O–H groups in total. The van der Waals surface area contributed by atoms with E-state index < -0.39 is 28.5 Å². The maximum atomic E-state index is 14.3. The summed E-state index contributed by atoms with van der Waals surface area (Å²) in [5.41, 5.74) is 1.05. The average molecular weight is 660 g/mol. The van der Waals surface area contributed by atoms with Crippen molar-refractivity contribution in [3.05, 3.63) is 120 Å². The number of carbonyl (C=O) groups is 2. The number of anilines is 1. The quantitative estimate of drug-likeness (QED) is 0.164. The van der Waals surface area contributed by atoms with E-state index in [2.05, 4.69) is 5.32 Å². The summed E-state index contributed by atoms with van der Waals surface area (Å²) < 4.78 is 35.2. The molecule has 0 bridgehead atoms. The lowest BCUT2D eigenvalue weighted by Gasteiger charge is -2.33. The second-order valence-corrected chi connectivity index (χ2v) is 13.6. The van der Waals surface area contributed by atoms with Gasteiger partial charge in [-0.2, -0.15) is 0 Å². The Balaban J connectivity index is 1.47. The Labute approximate surface area is 276 Å². The van der Waals surface area contributed by atoms with Crippen LogP contribution >= 0.6 is 11.6 Å². The zero-order chi connectivity index (χ0) is 32.5. The van der Waals surface area contributed by atoms with E-state index in [4.69, 9.17) is 16.3 Å². The van der Waals surface area contributed by atoms with Crippen molar-refractivity contribution in [2.24, 2.45) is 0 Å². The van der Waals surface area contributed by atoms with Crippen molar-refractivity contribution in [2.45, 2.75) is 62.6 Å². The maximum absolute atomic E-state index is 14.3. The summed E-state index contributed by atoms with van der Waals surface area (Å²) >= 11 is 6.12. The molecule has 1 unspecified atom stereocenters. The lowest BCUT2D eigenvalue weighted by Crippen LogP contribution is -2.53. The topological polar surface area (TPSA) is 96.0 Å². The molecule has 1 saturated carbocycles. The molecule has 46 heavy (non-hydrogen) atoms. The van der Waals surface area contributed by atoms with E-state index in [-0.39, 0.29) is 29.1 Å². The predicted molar refractivity (Wildman–Crippen MR) is 180 cm³/mol. The first kappa shape index (κ1) is 33.0. The monoisotopic (exact) mass is 659 g/mol. The Hall–Kier alpha value is -4.34. The minimum absolute atomic E-state index is 0.0441. The molecule has 0 aromatic heterocycles. The number of halogens is 1. The lowest BCUT2D eigenvalue weighted by molar-refractivity contribution is -0.140. The highest BCUT2D eigenvalue weighted by atomic mass is 35.5. The fourth-order valence-corrected chi connectivity index (χ4v) is 7.19. The average Bonchev–Trinajstić information content (AvgIpc) is 3.58. The number of sulfonamides is 1. The van der Waals surface area contributed by atoms with Gasteiger partial charge in [0, 0.05) is 17.6 Å². The number of rotatable bonds is 13. The Kier molecular flexibility index (Phi) is 11.0. The van der Waals surface area contributed by atoms with Crippen LogP contribution in [0.5, 0.6) is 11.5 Å². The molecular weight excluding hydrogens is 622 g/mol. The summed E-state index contributed by atoms with van der Waals surface area (Å²) in [6.45, 7) is 1.44. The number of ether oxygens (including phenoxy) is 1. The third-order valence-corrected chi connectivity index (χ3v) is 10.1. The van der Waals surface area contributed by atoms with Crippen LogP contribution in [-0.2, 0) is 26.2 Å². The van der Waals surface area contributed by atoms with Crippen LogP contribution in [0.3, 0.4) is 0 Å². The molecule has 10 heteroatoms. The van der Waals surface area contributed by atoms with E-state index in [1.165, 1.54) is 17.0 Å². The Morgan fingerprint density at radius 3 is 2.04 bits per heavy atom. The molecule has 1 atom stereocenters. The van der Waals surface area contributed by atoms with Gasteiger partial charge in [-0.3, -0.25) is 13.9 Å². The standard InChI is InChI=1S/C36H38ClN3O5S/c1-2-34(36(42)38-29-11-9-10-12-29)39(25-27-17-19-28(37)20-18-27)35(41)26-40(46(43,44)33-15-7-4-8-16-33)30-21-23-32(24-22-30)45-31-13-5-3-6-14-31/h3-8,13-24,29,34H,2,9-12,25-26H2,1H3,(H,38,42). The van der Waals surface area contributed by atoms with Crippen LogP contribution in [-0.4, -0.2) is 43.8 Å². The van der Waals surface area contributed by atoms with Gasteiger partial charge in [0.05, 0.1) is 10.6 Å². The van der Waals surface area contributed by atoms with Gasteiger partial charge >= 0.3 is 0 Å². The zero-order valence-electron chi connectivity index (χ0n) is 25.7. The number of nitrogens with zero attached hydrogens (tertiary/aromatic N) is 2. The fraction of sp³-hybridized carbons (Fsp3) is 0.278. The number of nitrogens with one attached hydrogen (secondary N) is 1. The Bertz CT molecular complexity index is 1700. The first-order valence-corrected chi connectivity index (χ1v) is 17.3. The Morgan fingerprint density at radius 1 is 0.848 bits per heavy atom. The molecule has 8 nitrogen and oxygen atoms in total. The van der Waals surface area contributed by atoms with Crippen molar-refractivity contribution in [1.29, 1.82) is 0 Å². The first-order valence-electron chi connectivity index (χ1n) is 15.5. The van der Waals surface area contributed by atoms with E-state index in [1.54, 1.807) is 66.7 Å². The van der Waals surface area contributed by atoms with Gasteiger partial charge < -0.3 is 15.0 Å². The summed E-state index contributed by atoms with van der Waals surface area (Å²) in [6.07, 6.45) is 4.27. The lowest BCUT2D eigenvalue weighted by atomic mass is 10.1. The molecule has 0 heterocycles. The van der Waals surface area contributed by atoms with E-state index in [0.717, 1.165) is 35.6 Å². The molecule has 1 aliphatic carbocycles. The van der Waals surface area contributed by atoms with Crippen molar-refractivity contribution in [2.75, 3.05) is 10.8 Å². The fourth-order valence-electron chi connectivity index (χ4n) is 5.63. The molecule has 5 rings (SSSR count). The van der Waals surface area contributed by atoms with Gasteiger partial charge in [-0.25, -0.2) is 8.42 Å². The van der Waals surface area contributed by atoms with Crippen LogP contribution in [0.4, 0.5) is 5.69 Å². The van der Waals surface area contributed by atoms with Crippen molar-refractivity contribution >= 4 is 39.1 Å². The van der Waals surface area contributed by atoms with Gasteiger partial charge in [-0.05, 0) is 85.5 Å². The number of amides is 2. The molecule has 0 spiro atoms. The minimum atomic E-state index is -4.18. The Morgan fingerprint density at radius 2 is 1.43 bits per heavy atom. The summed E-state index contributed by atoms with van der Waals surface area (Å²) in [4.78, 5) is 29.4. The normalized spacial score (nSPS) is 14.0. The highest BCUT2D eigenvalue weighted by Gasteiger charge is 2.34. The molecule has 240 valence electrons. The van der Waals surface area contributed by atoms with Crippen molar-refractivity contribution in [3.63, 3.8) is 0 Å². The van der Waals surface area contributed by atoms with Gasteiger partial charge in [-0.15, -0.1) is 0 Å². The highest BCUT2D eigenvalue weighted by Crippen LogP contribution is 2.29. The minimum Gasteiger partial charge on any atom is -0.457 e. The van der Waals surface area contributed by atoms with E-state index in [9.17, 15) is 18.0 Å². The van der Waals surface area contributed by atoms with Gasteiger partial charge in [0.25, 0.3) is 10.0 Å². The first-order chi connectivity index (χ1) is 22.2. The number of para-hydroxylation sites is 1. The second kappa shape index (κ2) is 15.3. The molecular formula is C36H38ClN3O5S. The number of carbonyl (C=O) groups excluding carboxylic acids is 2. The van der Waals surface area contributed by atoms with Crippen LogP contribution in [0.1, 0.15) is 44.6 Å². The summed E-state index contributed by atoms with van der Waals surface area (Å²) in [7, 11) is -4.18. The summed E-state index contributed by atoms with van der Waals surface area (Å²) in [6, 6.07) is 30.1. The zero-order valence-corrected chi connectivity index (χ0v) is 27.3. The molecule has 0 saturated heterocycles. The molecule has 4 aromatic rings. The summed E-state index contributed by atoms with van der Waals surface area (Å²) in [5, 5.41) is 3.68. The third-order valence-electron chi connectivity index (χ3n) is 8.07. The largest absolute Gasteiger partial charge is 0.457 e. The predicted octanol–water partition coefficient (Wildman–Crippen LogP) is 7.19. The van der Waals surface area contributed by atoms with E-state index in [1.807, 2.05) is 37.3 Å². The van der Waals surface area contributed by atoms with Crippen LogP contribution in [0.15, 0.2) is 114 Å². The number of benzene rings is 4. The number of hydrogen-bond donors (Lipinski definition) is 1. The van der Waals surface area contributed by atoms with E-state index in [0.29, 0.717) is 22.9 Å². The summed E-state index contributed by atoms with van der Waals surface area (Å²) in [5.74, 6) is 0.403. The second-order valence-electron chi connectivity index (χ2n) is 11.3. The highest BCUT2D eigenvalue weighted by molar-refractivity contribution is 7.92. The molecule has 4 aromatic carbocycles. The number of hydrogen-bond acceptors (Lipinski definition) is 5. The molecule has 1 aliphatic rings. The smallest absolute Gasteiger partial charge is 0.264 e. The molecule has 0 aliphatic heterocycles. The molecule has 2 amide bonds. The maximum Gasteiger partial charge on any atom is 0.264 e. The van der Waals surface area contributed by atoms with Crippen molar-refractivity contribution < 1.29 is 22.7 Å². The molecule has 0 radical (unpaired) electrons. The molecule has 1 fully saturated rings. The van der Waals surface area contributed by atoms with Gasteiger partial charge in [0.2, 0.25) is 11.8 Å². The third kappa shape index (κ3) is 8.27. The van der Waals surface area contributed by atoms with Gasteiger partial charge in [0.15, 0.2) is 0 Å². The van der Waals surface area contributed by atoms with Gasteiger partial charge in [0.1, 0.15) is 24.1 Å². The van der Waals surface area contributed by atoms with Crippen LogP contribution in [0, 0.1) is 0 Å². The van der Waals surface area contributed by atoms with Crippen molar-refractivity contribution in [3.8, 4) is 11.5 Å². The van der Waals surface area contributed by atoms with Crippen LogP contribution in [0.25, 0.3) is 0 Å². The van der Waals surface area contributed by atoms with Crippen molar-refractivity contribution in [1.82, 2.24) is 10.2 Å². The SMILES string of the molecule is CCC(C(=O)NC1CCCC1)N(Cc1ccc(Cl)cc1)C(=O)CN(c1ccc(Oc2ccccc2)cc1)S(=O)(=O)c1ccccc1. The van der Waals surface area contributed by atoms with Crippen LogP contribution in [0.2, 0.25) is 5.02 Å². The van der Waals surface area contributed by atoms with E-state index >= 15 is 0 Å². The van der Waals surface area contributed by atoms with Crippen LogP contribution < -0.4 is 14.4 Å².